The summed E-state index contributed by atoms with van der Waals surface area (Å²) in [6.45, 7) is 6.32. The SMILES string of the molecule is CCC(C)NC(=O)c1sc2nc3c(cc2c1N)CC(C)CC3. The van der Waals surface area contributed by atoms with Gasteiger partial charge in [-0.1, -0.05) is 13.8 Å². The lowest BCUT2D eigenvalue weighted by Crippen LogP contribution is -2.31. The van der Waals surface area contributed by atoms with Crippen LogP contribution >= 0.6 is 11.3 Å². The zero-order valence-corrected chi connectivity index (χ0v) is 14.2. The highest BCUT2D eigenvalue weighted by atomic mass is 32.1. The molecule has 0 saturated heterocycles. The molecular weight excluding hydrogens is 294 g/mol. The summed E-state index contributed by atoms with van der Waals surface area (Å²) in [5.74, 6) is 0.612. The van der Waals surface area contributed by atoms with E-state index in [0.29, 0.717) is 16.5 Å². The van der Waals surface area contributed by atoms with E-state index in [1.54, 1.807) is 0 Å². The fraction of sp³-hybridized carbons (Fsp3) is 0.529. The number of aryl methyl sites for hydroxylation is 1. The summed E-state index contributed by atoms with van der Waals surface area (Å²) >= 11 is 1.41. The van der Waals surface area contributed by atoms with Gasteiger partial charge in [-0.05, 0) is 50.2 Å². The molecule has 0 aromatic carbocycles. The second-order valence-corrected chi connectivity index (χ2v) is 7.42. The summed E-state index contributed by atoms with van der Waals surface area (Å²) < 4.78 is 0. The summed E-state index contributed by atoms with van der Waals surface area (Å²) in [7, 11) is 0. The molecule has 3 N–H and O–H groups in total. The Morgan fingerprint density at radius 3 is 3.09 bits per heavy atom. The third kappa shape index (κ3) is 2.70. The number of aromatic nitrogens is 1. The molecule has 2 unspecified atom stereocenters. The number of carbonyl (C=O) groups excluding carboxylic acids is 1. The monoisotopic (exact) mass is 317 g/mol. The lowest BCUT2D eigenvalue weighted by Gasteiger charge is -2.20. The molecule has 5 heteroatoms. The number of pyridine rings is 1. The summed E-state index contributed by atoms with van der Waals surface area (Å²) in [6.07, 6.45) is 4.18. The van der Waals surface area contributed by atoms with Crippen LogP contribution in [0.2, 0.25) is 0 Å². The molecule has 0 fully saturated rings. The predicted molar refractivity (Wildman–Crippen MR) is 92.4 cm³/mol. The van der Waals surface area contributed by atoms with E-state index < -0.39 is 0 Å². The molecule has 118 valence electrons. The van der Waals surface area contributed by atoms with E-state index in [0.717, 1.165) is 29.5 Å². The van der Waals surface area contributed by atoms with Gasteiger partial charge in [-0.2, -0.15) is 0 Å². The first-order valence-electron chi connectivity index (χ1n) is 8.01. The maximum Gasteiger partial charge on any atom is 0.263 e. The number of nitrogen functional groups attached to an aromatic ring is 1. The highest BCUT2D eigenvalue weighted by Gasteiger charge is 2.22. The predicted octanol–water partition coefficient (Wildman–Crippen LogP) is 3.53. The zero-order valence-electron chi connectivity index (χ0n) is 13.4. The molecule has 22 heavy (non-hydrogen) atoms. The van der Waals surface area contributed by atoms with Crippen molar-refractivity contribution in [2.24, 2.45) is 5.92 Å². The molecule has 2 aromatic rings. The van der Waals surface area contributed by atoms with Crippen molar-refractivity contribution in [3.8, 4) is 0 Å². The number of nitrogens with zero attached hydrogens (tertiary/aromatic N) is 1. The highest BCUT2D eigenvalue weighted by molar-refractivity contribution is 7.21. The van der Waals surface area contributed by atoms with Crippen molar-refractivity contribution >= 4 is 33.1 Å². The van der Waals surface area contributed by atoms with E-state index >= 15 is 0 Å². The number of thiophene rings is 1. The minimum atomic E-state index is -0.0822. The molecule has 3 rings (SSSR count). The molecule has 0 radical (unpaired) electrons. The van der Waals surface area contributed by atoms with Crippen LogP contribution in [0.4, 0.5) is 5.69 Å². The number of amides is 1. The van der Waals surface area contributed by atoms with Crippen molar-refractivity contribution in [1.29, 1.82) is 0 Å². The Morgan fingerprint density at radius 1 is 1.59 bits per heavy atom. The van der Waals surface area contributed by atoms with Crippen molar-refractivity contribution < 1.29 is 4.79 Å². The zero-order chi connectivity index (χ0) is 15.9. The van der Waals surface area contributed by atoms with Gasteiger partial charge in [-0.25, -0.2) is 4.98 Å². The number of rotatable bonds is 3. The fourth-order valence-electron chi connectivity index (χ4n) is 2.93. The van der Waals surface area contributed by atoms with Gasteiger partial charge in [0.2, 0.25) is 0 Å². The van der Waals surface area contributed by atoms with Crippen molar-refractivity contribution in [3.63, 3.8) is 0 Å². The Bertz CT molecular complexity index is 722. The maximum absolute atomic E-state index is 12.4. The van der Waals surface area contributed by atoms with E-state index in [-0.39, 0.29) is 11.9 Å². The van der Waals surface area contributed by atoms with Crippen molar-refractivity contribution in [1.82, 2.24) is 10.3 Å². The van der Waals surface area contributed by atoms with Crippen LogP contribution in [-0.2, 0) is 12.8 Å². The van der Waals surface area contributed by atoms with Crippen LogP contribution in [0.1, 0.15) is 54.5 Å². The van der Waals surface area contributed by atoms with Crippen molar-refractivity contribution in [2.75, 3.05) is 5.73 Å². The summed E-state index contributed by atoms with van der Waals surface area (Å²) in [5, 5.41) is 3.93. The summed E-state index contributed by atoms with van der Waals surface area (Å²) in [6, 6.07) is 2.30. The van der Waals surface area contributed by atoms with Crippen LogP contribution in [0.25, 0.3) is 10.2 Å². The van der Waals surface area contributed by atoms with E-state index in [2.05, 4.69) is 25.2 Å². The van der Waals surface area contributed by atoms with Crippen LogP contribution in [0.5, 0.6) is 0 Å². The standard InChI is InChI=1S/C17H23N3OS/c1-4-10(3)19-16(21)15-14(18)12-8-11-7-9(2)5-6-13(11)20-17(12)22-15/h8-10H,4-7,18H2,1-3H3,(H,19,21). The molecule has 4 nitrogen and oxygen atoms in total. The Morgan fingerprint density at radius 2 is 2.36 bits per heavy atom. The van der Waals surface area contributed by atoms with Crippen LogP contribution in [0.15, 0.2) is 6.07 Å². The summed E-state index contributed by atoms with van der Waals surface area (Å²) in [4.78, 5) is 18.6. The molecule has 0 bridgehead atoms. The van der Waals surface area contributed by atoms with Crippen LogP contribution in [0, 0.1) is 5.92 Å². The van der Waals surface area contributed by atoms with Gasteiger partial charge in [0.05, 0.1) is 5.69 Å². The molecule has 1 amide bonds. The number of hydrogen-bond acceptors (Lipinski definition) is 4. The lowest BCUT2D eigenvalue weighted by atomic mass is 9.87. The molecule has 2 aromatic heterocycles. The van der Waals surface area contributed by atoms with Gasteiger partial charge >= 0.3 is 0 Å². The average Bonchev–Trinajstić information content (AvgIpc) is 2.81. The maximum atomic E-state index is 12.4. The first kappa shape index (κ1) is 15.3. The molecular formula is C17H23N3OS. The molecule has 1 aliphatic rings. The summed E-state index contributed by atoms with van der Waals surface area (Å²) in [5.41, 5.74) is 9.29. The van der Waals surface area contributed by atoms with Gasteiger partial charge in [-0.15, -0.1) is 11.3 Å². The number of nitrogens with two attached hydrogens (primary N) is 1. The molecule has 1 aliphatic carbocycles. The van der Waals surface area contributed by atoms with Crippen LogP contribution in [-0.4, -0.2) is 16.9 Å². The molecule has 0 spiro atoms. The largest absolute Gasteiger partial charge is 0.397 e. The quantitative estimate of drug-likeness (QED) is 0.910. The normalized spacial score (nSPS) is 19.0. The van der Waals surface area contributed by atoms with Crippen LogP contribution in [0.3, 0.4) is 0 Å². The van der Waals surface area contributed by atoms with Gasteiger partial charge < -0.3 is 11.1 Å². The number of nitrogens with one attached hydrogen (secondary N) is 1. The first-order valence-corrected chi connectivity index (χ1v) is 8.82. The lowest BCUT2D eigenvalue weighted by molar-refractivity contribution is 0.0944. The number of fused-ring (bicyclic) bond motifs is 2. The average molecular weight is 317 g/mol. The second kappa shape index (κ2) is 5.88. The van der Waals surface area contributed by atoms with E-state index in [1.807, 2.05) is 6.92 Å². The number of carbonyl (C=O) groups is 1. The molecule has 0 aliphatic heterocycles. The number of anilines is 1. The fourth-order valence-corrected chi connectivity index (χ4v) is 3.93. The Labute approximate surface area is 135 Å². The van der Waals surface area contributed by atoms with Gasteiger partial charge in [0.1, 0.15) is 9.71 Å². The minimum Gasteiger partial charge on any atom is -0.397 e. The topological polar surface area (TPSA) is 68.0 Å². The first-order chi connectivity index (χ1) is 10.5. The third-order valence-electron chi connectivity index (χ3n) is 4.53. The molecule has 0 saturated carbocycles. The molecule has 2 heterocycles. The van der Waals surface area contributed by atoms with Crippen molar-refractivity contribution in [2.45, 2.75) is 52.5 Å². The smallest absolute Gasteiger partial charge is 0.263 e. The van der Waals surface area contributed by atoms with Gasteiger partial charge in [0, 0.05) is 17.1 Å². The van der Waals surface area contributed by atoms with E-state index in [1.165, 1.54) is 29.0 Å². The Balaban J connectivity index is 2.00. The third-order valence-corrected chi connectivity index (χ3v) is 5.64. The van der Waals surface area contributed by atoms with Gasteiger partial charge in [0.15, 0.2) is 0 Å². The number of hydrogen-bond donors (Lipinski definition) is 2. The van der Waals surface area contributed by atoms with Crippen LogP contribution < -0.4 is 11.1 Å². The highest BCUT2D eigenvalue weighted by Crippen LogP contribution is 2.36. The van der Waals surface area contributed by atoms with Gasteiger partial charge in [0.25, 0.3) is 5.91 Å². The van der Waals surface area contributed by atoms with E-state index in [4.69, 9.17) is 10.7 Å². The van der Waals surface area contributed by atoms with Gasteiger partial charge in [-0.3, -0.25) is 4.79 Å². The minimum absolute atomic E-state index is 0.0822. The van der Waals surface area contributed by atoms with E-state index in [9.17, 15) is 4.79 Å². The Hall–Kier alpha value is -1.62. The second-order valence-electron chi connectivity index (χ2n) is 6.42. The molecule has 2 atom stereocenters. The Kier molecular flexibility index (Phi) is 4.08. The van der Waals surface area contributed by atoms with Crippen molar-refractivity contribution in [3.05, 3.63) is 22.2 Å².